The second-order valence-corrected chi connectivity index (χ2v) is 6.20. The molecule has 0 aromatic carbocycles. The lowest BCUT2D eigenvalue weighted by Gasteiger charge is -2.22. The molecule has 0 bridgehead atoms. The van der Waals surface area contributed by atoms with E-state index < -0.39 is 7.60 Å². The Morgan fingerprint density at radius 2 is 1.56 bits per heavy atom. The van der Waals surface area contributed by atoms with Crippen LogP contribution in [0.15, 0.2) is 0 Å². The molecular weight excluding hydrogens is 259 g/mol. The Kier molecular flexibility index (Phi) is 8.44. The van der Waals surface area contributed by atoms with E-state index in [0.717, 1.165) is 0 Å². The zero-order valence-electron chi connectivity index (χ0n) is 11.7. The van der Waals surface area contributed by atoms with Gasteiger partial charge in [0.05, 0.1) is 18.8 Å². The molecule has 108 valence electrons. The van der Waals surface area contributed by atoms with Gasteiger partial charge in [-0.05, 0) is 27.7 Å². The number of hydrogen-bond donors (Lipinski definition) is 0. The fraction of sp³-hybridized carbons (Fsp3) is 0.909. The lowest BCUT2D eigenvalue weighted by atomic mass is 10.5. The third-order valence-corrected chi connectivity index (χ3v) is 3.51. The monoisotopic (exact) mass is 282 g/mol. The first-order valence-electron chi connectivity index (χ1n) is 5.92. The number of rotatable bonds is 9. The minimum Gasteiger partial charge on any atom is -0.463 e. The van der Waals surface area contributed by atoms with Crippen molar-refractivity contribution < 1.29 is 27.9 Å². The van der Waals surface area contributed by atoms with Gasteiger partial charge in [0.25, 0.3) is 0 Å². The molecule has 6 nitrogen and oxygen atoms in total. The van der Waals surface area contributed by atoms with Crippen molar-refractivity contribution in [2.75, 3.05) is 19.6 Å². The molecule has 0 saturated carbocycles. The van der Waals surface area contributed by atoms with Crippen molar-refractivity contribution in [2.24, 2.45) is 0 Å². The number of esters is 1. The molecule has 0 atom stereocenters. The number of carbonyl (C=O) groups is 1. The number of ether oxygens (including phenoxy) is 2. The molecule has 0 aliphatic heterocycles. The maximum Gasteiger partial charge on any atom is 0.356 e. The number of hydrogen-bond acceptors (Lipinski definition) is 6. The summed E-state index contributed by atoms with van der Waals surface area (Å²) in [6.07, 6.45) is -0.580. The van der Waals surface area contributed by atoms with Gasteiger partial charge in [-0.2, -0.15) is 0 Å². The molecule has 0 amide bonds. The van der Waals surface area contributed by atoms with Crippen LogP contribution in [0.2, 0.25) is 0 Å². The Balaban J connectivity index is 4.09. The van der Waals surface area contributed by atoms with E-state index in [1.807, 2.05) is 0 Å². The minimum atomic E-state index is -3.26. The molecule has 0 fully saturated rings. The predicted octanol–water partition coefficient (Wildman–Crippen LogP) is 2.57. The van der Waals surface area contributed by atoms with Crippen LogP contribution in [0.5, 0.6) is 0 Å². The normalized spacial score (nSPS) is 12.2. The first kappa shape index (κ1) is 17.6. The van der Waals surface area contributed by atoms with Crippen molar-refractivity contribution in [1.82, 2.24) is 0 Å². The van der Waals surface area contributed by atoms with Crippen LogP contribution in [0, 0.1) is 0 Å². The minimum absolute atomic E-state index is 0.124. The summed E-state index contributed by atoms with van der Waals surface area (Å²) in [5, 5.41) is 0. The van der Waals surface area contributed by atoms with Gasteiger partial charge in [0.2, 0.25) is 0 Å². The van der Waals surface area contributed by atoms with Gasteiger partial charge in [-0.3, -0.25) is 9.36 Å². The van der Waals surface area contributed by atoms with Crippen LogP contribution < -0.4 is 0 Å². The second kappa shape index (κ2) is 8.64. The van der Waals surface area contributed by atoms with Crippen molar-refractivity contribution in [3.8, 4) is 0 Å². The Morgan fingerprint density at radius 3 is 1.94 bits per heavy atom. The summed E-state index contributed by atoms with van der Waals surface area (Å²) < 4.78 is 32.7. The van der Waals surface area contributed by atoms with Crippen LogP contribution in [-0.2, 0) is 27.9 Å². The van der Waals surface area contributed by atoms with Gasteiger partial charge >= 0.3 is 13.6 Å². The lowest BCUT2D eigenvalue weighted by molar-refractivity contribution is -0.142. The van der Waals surface area contributed by atoms with E-state index in [1.54, 1.807) is 27.7 Å². The van der Waals surface area contributed by atoms with Gasteiger partial charge < -0.3 is 18.5 Å². The highest BCUT2D eigenvalue weighted by atomic mass is 31.2. The first-order valence-corrected chi connectivity index (χ1v) is 7.65. The summed E-state index contributed by atoms with van der Waals surface area (Å²) in [6.45, 7) is 8.69. The summed E-state index contributed by atoms with van der Waals surface area (Å²) in [7, 11) is -3.26. The van der Waals surface area contributed by atoms with Gasteiger partial charge in [0, 0.05) is 6.92 Å². The van der Waals surface area contributed by atoms with E-state index >= 15 is 0 Å². The molecule has 0 aliphatic carbocycles. The van der Waals surface area contributed by atoms with E-state index in [2.05, 4.69) is 4.74 Å². The van der Waals surface area contributed by atoms with E-state index in [9.17, 15) is 9.36 Å². The zero-order valence-corrected chi connectivity index (χ0v) is 12.6. The smallest absolute Gasteiger partial charge is 0.356 e. The Labute approximate surface area is 108 Å². The van der Waals surface area contributed by atoms with Crippen LogP contribution in [-0.4, -0.2) is 37.7 Å². The maximum absolute atomic E-state index is 12.3. The molecule has 0 aromatic heterocycles. The van der Waals surface area contributed by atoms with Crippen molar-refractivity contribution in [2.45, 2.75) is 46.8 Å². The van der Waals surface area contributed by atoms with Crippen molar-refractivity contribution in [3.63, 3.8) is 0 Å². The molecular formula is C11H23O6P. The third-order valence-electron chi connectivity index (χ3n) is 1.53. The topological polar surface area (TPSA) is 71.1 Å². The highest BCUT2D eigenvalue weighted by Crippen LogP contribution is 2.50. The highest BCUT2D eigenvalue weighted by molar-refractivity contribution is 7.53. The summed E-state index contributed by atoms with van der Waals surface area (Å²) >= 11 is 0. The standard InChI is InChI=1S/C11H23O6P/c1-9(2)16-18(13,17-10(3)4)8-14-6-7-15-11(5)12/h9-10H,6-8H2,1-5H3. The Hall–Kier alpha value is -0.420. The van der Waals surface area contributed by atoms with Gasteiger partial charge in [-0.15, -0.1) is 0 Å². The molecule has 0 radical (unpaired) electrons. The van der Waals surface area contributed by atoms with Crippen LogP contribution in [0.25, 0.3) is 0 Å². The van der Waals surface area contributed by atoms with Gasteiger partial charge in [-0.25, -0.2) is 0 Å². The van der Waals surface area contributed by atoms with Crippen LogP contribution in [0.3, 0.4) is 0 Å². The molecule has 18 heavy (non-hydrogen) atoms. The molecule has 0 rings (SSSR count). The average Bonchev–Trinajstić information content (AvgIpc) is 2.13. The largest absolute Gasteiger partial charge is 0.463 e. The summed E-state index contributed by atoms with van der Waals surface area (Å²) in [5.41, 5.74) is 0. The molecule has 0 aromatic rings. The quantitative estimate of drug-likeness (QED) is 0.368. The fourth-order valence-corrected chi connectivity index (χ4v) is 2.96. The lowest BCUT2D eigenvalue weighted by Crippen LogP contribution is -2.14. The van der Waals surface area contributed by atoms with Gasteiger partial charge in [-0.1, -0.05) is 0 Å². The van der Waals surface area contributed by atoms with Gasteiger partial charge in [0.15, 0.2) is 0 Å². The van der Waals surface area contributed by atoms with Crippen molar-refractivity contribution >= 4 is 13.6 Å². The molecule has 7 heteroatoms. The molecule has 0 saturated heterocycles. The van der Waals surface area contributed by atoms with E-state index in [4.69, 9.17) is 13.8 Å². The van der Waals surface area contributed by atoms with Crippen LogP contribution in [0.4, 0.5) is 0 Å². The molecule has 0 heterocycles. The summed E-state index contributed by atoms with van der Waals surface area (Å²) in [4.78, 5) is 10.5. The molecule has 0 unspecified atom stereocenters. The van der Waals surface area contributed by atoms with Crippen LogP contribution in [0.1, 0.15) is 34.6 Å². The van der Waals surface area contributed by atoms with E-state index in [1.165, 1.54) is 6.92 Å². The van der Waals surface area contributed by atoms with E-state index in [-0.39, 0.29) is 37.7 Å². The SMILES string of the molecule is CC(=O)OCCOCP(=O)(OC(C)C)OC(C)C. The first-order chi connectivity index (χ1) is 8.25. The predicted molar refractivity (Wildman–Crippen MR) is 67.5 cm³/mol. The van der Waals surface area contributed by atoms with Crippen molar-refractivity contribution in [1.29, 1.82) is 0 Å². The molecule has 0 aliphatic rings. The highest BCUT2D eigenvalue weighted by Gasteiger charge is 2.27. The number of carbonyl (C=O) groups excluding carboxylic acids is 1. The van der Waals surface area contributed by atoms with Gasteiger partial charge in [0.1, 0.15) is 13.0 Å². The maximum atomic E-state index is 12.3. The fourth-order valence-electron chi connectivity index (χ4n) is 1.15. The van der Waals surface area contributed by atoms with Crippen LogP contribution >= 0.6 is 7.60 Å². The Bertz CT molecular complexity index is 275. The second-order valence-electron chi connectivity index (χ2n) is 4.30. The average molecular weight is 282 g/mol. The van der Waals surface area contributed by atoms with Crippen molar-refractivity contribution in [3.05, 3.63) is 0 Å². The zero-order chi connectivity index (χ0) is 14.2. The third kappa shape index (κ3) is 9.59. The molecule has 0 N–H and O–H groups in total. The summed E-state index contributed by atoms with van der Waals surface area (Å²) in [5.74, 6) is -0.376. The summed E-state index contributed by atoms with van der Waals surface area (Å²) in [6, 6.07) is 0. The Morgan fingerprint density at radius 1 is 1.06 bits per heavy atom. The molecule has 0 spiro atoms. The van der Waals surface area contributed by atoms with E-state index in [0.29, 0.717) is 0 Å².